The van der Waals surface area contributed by atoms with Gasteiger partial charge in [0, 0.05) is 56.1 Å². The summed E-state index contributed by atoms with van der Waals surface area (Å²) in [6.45, 7) is 2.31. The third-order valence-corrected chi connectivity index (χ3v) is 5.53. The molecular weight excluding hydrogens is 400 g/mol. The second kappa shape index (κ2) is 12.7. The van der Waals surface area contributed by atoms with Crippen LogP contribution in [0.2, 0.25) is 0 Å². The first-order valence-electron chi connectivity index (χ1n) is 10.6. The average Bonchev–Trinajstić information content (AvgIpc) is 3.20. The highest BCUT2D eigenvalue weighted by molar-refractivity contribution is 5.89. The normalized spacial score (nSPS) is 13.6. The molecule has 0 bridgehead atoms. The van der Waals surface area contributed by atoms with Crippen LogP contribution in [0.1, 0.15) is 44.1 Å². The first-order valence-corrected chi connectivity index (χ1v) is 10.6. The average molecular weight is 433 g/mol. The Kier molecular flexibility index (Phi) is 9.99. The quantitative estimate of drug-likeness (QED) is 0.353. The topological polar surface area (TPSA) is 140 Å². The zero-order valence-corrected chi connectivity index (χ0v) is 17.8. The number of carboxylic acid groups (broad SMARTS) is 1. The maximum Gasteiger partial charge on any atom is 0.303 e. The molecule has 2 heterocycles. The fraction of sp³-hybridized carbons (Fsp3) is 0.500. The number of hydrogen-bond acceptors (Lipinski definition) is 5. The molecule has 1 aliphatic rings. The van der Waals surface area contributed by atoms with Crippen LogP contribution in [0.15, 0.2) is 30.5 Å². The van der Waals surface area contributed by atoms with Gasteiger partial charge in [-0.2, -0.15) is 0 Å². The number of fused-ring (bicyclic) bond motifs is 1. The molecule has 1 aromatic carbocycles. The van der Waals surface area contributed by atoms with Crippen molar-refractivity contribution < 1.29 is 24.7 Å². The van der Waals surface area contributed by atoms with Crippen molar-refractivity contribution in [3.63, 3.8) is 0 Å². The summed E-state index contributed by atoms with van der Waals surface area (Å²) in [5, 5.41) is 16.2. The van der Waals surface area contributed by atoms with Crippen molar-refractivity contribution in [1.29, 1.82) is 0 Å². The van der Waals surface area contributed by atoms with Crippen molar-refractivity contribution in [3.8, 4) is 0 Å². The number of unbranched alkanes of at least 4 members (excludes halogenated alkanes) is 3. The summed E-state index contributed by atoms with van der Waals surface area (Å²) in [6, 6.07) is 7.96. The van der Waals surface area contributed by atoms with E-state index in [1.165, 1.54) is 0 Å². The number of carbonyl (C=O) groups excluding carboxylic acids is 2. The molecule has 5 N–H and O–H groups in total. The first-order chi connectivity index (χ1) is 15.0. The minimum Gasteiger partial charge on any atom is -0.481 e. The van der Waals surface area contributed by atoms with Crippen LogP contribution in [-0.2, 0) is 20.8 Å². The molecule has 1 aliphatic heterocycles. The molecule has 2 aromatic rings. The number of nitrogens with one attached hydrogen (secondary N) is 1. The molecule has 3 rings (SSSR count). The lowest BCUT2D eigenvalue weighted by Crippen LogP contribution is -2.50. The minimum atomic E-state index is -0.766. The van der Waals surface area contributed by atoms with E-state index < -0.39 is 5.97 Å². The molecule has 0 spiro atoms. The van der Waals surface area contributed by atoms with Crippen LogP contribution < -0.4 is 5.90 Å². The van der Waals surface area contributed by atoms with E-state index in [1.54, 1.807) is 0 Å². The molecule has 1 fully saturated rings. The van der Waals surface area contributed by atoms with Crippen LogP contribution in [0, 0.1) is 0 Å². The Balaban J connectivity index is 0.00000166. The summed E-state index contributed by atoms with van der Waals surface area (Å²) >= 11 is 0. The Bertz CT molecular complexity index is 858. The summed E-state index contributed by atoms with van der Waals surface area (Å²) in [7, 11) is 0. The maximum atomic E-state index is 12.7. The van der Waals surface area contributed by atoms with Gasteiger partial charge in [0.2, 0.25) is 11.8 Å². The number of nitrogens with two attached hydrogens (primary N) is 1. The zero-order valence-electron chi connectivity index (χ0n) is 17.8. The number of H-pyrrole nitrogens is 1. The molecule has 0 radical (unpaired) electrons. The Labute approximate surface area is 181 Å². The van der Waals surface area contributed by atoms with Crippen molar-refractivity contribution in [2.45, 2.75) is 44.9 Å². The number of aromatic amines is 1. The van der Waals surface area contributed by atoms with Gasteiger partial charge >= 0.3 is 5.97 Å². The van der Waals surface area contributed by atoms with Crippen molar-refractivity contribution in [2.75, 3.05) is 26.2 Å². The van der Waals surface area contributed by atoms with Gasteiger partial charge in [-0.25, -0.2) is 5.90 Å². The van der Waals surface area contributed by atoms with Crippen LogP contribution in [0.4, 0.5) is 0 Å². The predicted octanol–water partition coefficient (Wildman–Crippen LogP) is 2.14. The second-order valence-corrected chi connectivity index (χ2v) is 7.61. The van der Waals surface area contributed by atoms with E-state index in [4.69, 9.17) is 10.3 Å². The maximum absolute atomic E-state index is 12.7. The SMILES string of the molecule is NO.O=C(O)CCCCCCC(=O)N1CCN(C(=O)Cc2c[nH]c3ccccc23)CC1. The van der Waals surface area contributed by atoms with Gasteiger partial charge in [-0.3, -0.25) is 14.4 Å². The van der Waals surface area contributed by atoms with Crippen LogP contribution >= 0.6 is 0 Å². The van der Waals surface area contributed by atoms with E-state index >= 15 is 0 Å². The molecule has 9 heteroatoms. The van der Waals surface area contributed by atoms with Crippen molar-refractivity contribution in [3.05, 3.63) is 36.0 Å². The van der Waals surface area contributed by atoms with Gasteiger partial charge in [-0.1, -0.05) is 31.0 Å². The number of amides is 2. The number of nitrogens with zero attached hydrogens (tertiary/aromatic N) is 2. The van der Waals surface area contributed by atoms with E-state index in [2.05, 4.69) is 10.9 Å². The van der Waals surface area contributed by atoms with Crippen LogP contribution in [0.5, 0.6) is 0 Å². The van der Waals surface area contributed by atoms with Gasteiger partial charge in [-0.15, -0.1) is 0 Å². The van der Waals surface area contributed by atoms with Crippen molar-refractivity contribution in [2.24, 2.45) is 5.90 Å². The highest BCUT2D eigenvalue weighted by Crippen LogP contribution is 2.19. The number of carbonyl (C=O) groups is 3. The third-order valence-electron chi connectivity index (χ3n) is 5.53. The number of rotatable bonds is 9. The van der Waals surface area contributed by atoms with Gasteiger partial charge in [0.1, 0.15) is 0 Å². The molecule has 1 aromatic heterocycles. The van der Waals surface area contributed by atoms with E-state index in [0.717, 1.165) is 35.7 Å². The van der Waals surface area contributed by atoms with Crippen molar-refractivity contribution in [1.82, 2.24) is 14.8 Å². The number of hydrogen-bond donors (Lipinski definition) is 4. The smallest absolute Gasteiger partial charge is 0.303 e. The fourth-order valence-corrected chi connectivity index (χ4v) is 3.82. The van der Waals surface area contributed by atoms with Crippen LogP contribution in [0.25, 0.3) is 10.9 Å². The molecule has 170 valence electrons. The Morgan fingerprint density at radius 3 is 2.10 bits per heavy atom. The first kappa shape index (κ1) is 24.4. The predicted molar refractivity (Wildman–Crippen MR) is 116 cm³/mol. The van der Waals surface area contributed by atoms with E-state index in [9.17, 15) is 14.4 Å². The van der Waals surface area contributed by atoms with Crippen LogP contribution in [-0.4, -0.2) is 69.1 Å². The van der Waals surface area contributed by atoms with Gasteiger partial charge in [0.05, 0.1) is 6.42 Å². The monoisotopic (exact) mass is 432 g/mol. The van der Waals surface area contributed by atoms with E-state index in [-0.39, 0.29) is 18.2 Å². The molecule has 0 saturated carbocycles. The zero-order chi connectivity index (χ0) is 22.6. The van der Waals surface area contributed by atoms with E-state index in [0.29, 0.717) is 45.4 Å². The molecule has 0 unspecified atom stereocenters. The van der Waals surface area contributed by atoms with Gasteiger partial charge in [0.25, 0.3) is 0 Å². The molecule has 9 nitrogen and oxygen atoms in total. The molecule has 2 amide bonds. The number of carboxylic acids is 1. The standard InChI is InChI=1S/C22H29N3O4.H3NO/c26-20(9-3-1-2-4-10-22(28)29)24-11-13-25(14-12-24)21(27)15-17-16-23-19-8-6-5-7-18(17)19;1-2/h5-8,16,23H,1-4,9-15H2,(H,28,29);2H,1H2. The Morgan fingerprint density at radius 2 is 1.45 bits per heavy atom. The number of benzene rings is 1. The lowest BCUT2D eigenvalue weighted by molar-refractivity contribution is -0.139. The van der Waals surface area contributed by atoms with Gasteiger partial charge in [-0.05, 0) is 24.5 Å². The fourth-order valence-electron chi connectivity index (χ4n) is 3.82. The molecule has 0 aliphatic carbocycles. The summed E-state index contributed by atoms with van der Waals surface area (Å²) < 4.78 is 0. The Hall–Kier alpha value is -2.91. The third kappa shape index (κ3) is 7.37. The summed E-state index contributed by atoms with van der Waals surface area (Å²) in [5.41, 5.74) is 2.04. The number of aliphatic carboxylic acids is 1. The summed E-state index contributed by atoms with van der Waals surface area (Å²) in [5.74, 6) is 2.96. The molecular formula is C22H32N4O5. The number of aromatic nitrogens is 1. The lowest BCUT2D eigenvalue weighted by atomic mass is 10.1. The van der Waals surface area contributed by atoms with Gasteiger partial charge in [0.15, 0.2) is 0 Å². The second-order valence-electron chi connectivity index (χ2n) is 7.61. The molecule has 1 saturated heterocycles. The lowest BCUT2D eigenvalue weighted by Gasteiger charge is -2.35. The van der Waals surface area contributed by atoms with Crippen LogP contribution in [0.3, 0.4) is 0 Å². The summed E-state index contributed by atoms with van der Waals surface area (Å²) in [6.07, 6.45) is 6.14. The minimum absolute atomic E-state index is 0.0975. The summed E-state index contributed by atoms with van der Waals surface area (Å²) in [4.78, 5) is 42.4. The highest BCUT2D eigenvalue weighted by Gasteiger charge is 2.24. The Morgan fingerprint density at radius 1 is 0.871 bits per heavy atom. The van der Waals surface area contributed by atoms with E-state index in [1.807, 2.05) is 40.3 Å². The van der Waals surface area contributed by atoms with Gasteiger partial charge < -0.3 is 25.1 Å². The molecule has 0 atom stereocenters. The highest BCUT2D eigenvalue weighted by atomic mass is 16.4. The number of piperazine rings is 1. The molecule has 31 heavy (non-hydrogen) atoms. The van der Waals surface area contributed by atoms with Crippen molar-refractivity contribution >= 4 is 28.7 Å². The largest absolute Gasteiger partial charge is 0.481 e. The number of para-hydroxylation sites is 1.